The highest BCUT2D eigenvalue weighted by Crippen LogP contribution is 2.38. The van der Waals surface area contributed by atoms with Crippen molar-refractivity contribution in [3.8, 4) is 11.5 Å². The van der Waals surface area contributed by atoms with Gasteiger partial charge in [0.25, 0.3) is 0 Å². The third-order valence-corrected chi connectivity index (χ3v) is 4.22. The number of nitrogens with zero attached hydrogens (tertiary/aromatic N) is 2. The van der Waals surface area contributed by atoms with Crippen LogP contribution < -0.4 is 14.4 Å². The second kappa shape index (κ2) is 8.56. The molecule has 0 spiro atoms. The number of aliphatic imine (C=N–C) groups is 1. The van der Waals surface area contributed by atoms with Crippen molar-refractivity contribution in [3.05, 3.63) is 53.6 Å². The van der Waals surface area contributed by atoms with Crippen LogP contribution in [0, 0.1) is 0 Å². The zero-order valence-electron chi connectivity index (χ0n) is 15.8. The summed E-state index contributed by atoms with van der Waals surface area (Å²) in [5.41, 5.74) is 2.52. The van der Waals surface area contributed by atoms with Crippen molar-refractivity contribution >= 4 is 23.3 Å². The molecule has 7 nitrogen and oxygen atoms in total. The van der Waals surface area contributed by atoms with Crippen LogP contribution in [0.25, 0.3) is 0 Å². The molecule has 3 rings (SSSR count). The fraction of sp³-hybridized carbons (Fsp3) is 0.286. The molecule has 0 saturated carbocycles. The van der Waals surface area contributed by atoms with Crippen LogP contribution in [-0.4, -0.2) is 49.0 Å². The molecular formula is C21H22N2O5. The first kappa shape index (κ1) is 19.4. The average molecular weight is 382 g/mol. The van der Waals surface area contributed by atoms with Crippen molar-refractivity contribution in [2.75, 3.05) is 31.2 Å². The molecule has 0 aliphatic carbocycles. The molecule has 2 aromatic rings. The van der Waals surface area contributed by atoms with Gasteiger partial charge < -0.3 is 14.6 Å². The van der Waals surface area contributed by atoms with Gasteiger partial charge in [0.15, 0.2) is 11.5 Å². The summed E-state index contributed by atoms with van der Waals surface area (Å²) in [6.07, 6.45) is 0. The van der Waals surface area contributed by atoms with E-state index in [0.29, 0.717) is 41.7 Å². The number of rotatable bonds is 7. The zero-order chi connectivity index (χ0) is 20.1. The first-order chi connectivity index (χ1) is 13.5. The topological polar surface area (TPSA) is 88.4 Å². The monoisotopic (exact) mass is 382 g/mol. The SMILES string of the molecule is CCOc1cc2c(cc1OCC)N(CC(=O)O)C(=O)CN=C2c1ccccc1. The van der Waals surface area contributed by atoms with E-state index in [1.54, 1.807) is 12.1 Å². The largest absolute Gasteiger partial charge is 0.490 e. The van der Waals surface area contributed by atoms with Gasteiger partial charge in [0, 0.05) is 17.2 Å². The van der Waals surface area contributed by atoms with E-state index in [-0.39, 0.29) is 12.5 Å². The third-order valence-electron chi connectivity index (χ3n) is 4.22. The standard InChI is InChI=1S/C21H22N2O5/c1-3-27-17-10-15-16(11-18(17)28-4-2)23(13-20(25)26)19(24)12-22-21(15)14-8-6-5-7-9-14/h5-11H,3-4,12-13H2,1-2H3,(H,25,26). The molecule has 0 radical (unpaired) electrons. The minimum atomic E-state index is -1.10. The summed E-state index contributed by atoms with van der Waals surface area (Å²) in [5, 5.41) is 9.31. The second-order valence-electron chi connectivity index (χ2n) is 6.09. The Kier molecular flexibility index (Phi) is 5.93. The number of anilines is 1. The fourth-order valence-electron chi connectivity index (χ4n) is 3.10. The normalized spacial score (nSPS) is 13.4. The van der Waals surface area contributed by atoms with Crippen LogP contribution in [0.15, 0.2) is 47.5 Å². The minimum Gasteiger partial charge on any atom is -0.490 e. The van der Waals surface area contributed by atoms with E-state index in [2.05, 4.69) is 4.99 Å². The maximum atomic E-state index is 12.7. The van der Waals surface area contributed by atoms with Gasteiger partial charge in [0.2, 0.25) is 5.91 Å². The van der Waals surface area contributed by atoms with Crippen molar-refractivity contribution in [1.29, 1.82) is 0 Å². The first-order valence-electron chi connectivity index (χ1n) is 9.11. The number of hydrogen-bond donors (Lipinski definition) is 1. The van der Waals surface area contributed by atoms with Crippen molar-refractivity contribution in [1.82, 2.24) is 0 Å². The molecular weight excluding hydrogens is 360 g/mol. The summed E-state index contributed by atoms with van der Waals surface area (Å²) in [6.45, 7) is 3.97. The zero-order valence-corrected chi connectivity index (χ0v) is 15.8. The highest BCUT2D eigenvalue weighted by atomic mass is 16.5. The van der Waals surface area contributed by atoms with Crippen LogP contribution in [0.1, 0.15) is 25.0 Å². The highest BCUT2D eigenvalue weighted by molar-refractivity contribution is 6.20. The average Bonchev–Trinajstić information content (AvgIpc) is 2.80. The lowest BCUT2D eigenvalue weighted by atomic mass is 9.99. The van der Waals surface area contributed by atoms with Crippen LogP contribution >= 0.6 is 0 Å². The number of aliphatic carboxylic acids is 1. The summed E-state index contributed by atoms with van der Waals surface area (Å²) in [5.74, 6) is -0.507. The predicted molar refractivity (Wildman–Crippen MR) is 106 cm³/mol. The van der Waals surface area contributed by atoms with E-state index in [1.807, 2.05) is 44.2 Å². The van der Waals surface area contributed by atoms with Crippen LogP contribution in [0.2, 0.25) is 0 Å². The Balaban J connectivity index is 2.24. The lowest BCUT2D eigenvalue weighted by molar-refractivity contribution is -0.136. The molecule has 0 bridgehead atoms. The van der Waals surface area contributed by atoms with E-state index in [1.165, 1.54) is 4.90 Å². The summed E-state index contributed by atoms with van der Waals surface area (Å²) >= 11 is 0. The number of carboxylic acids is 1. The summed E-state index contributed by atoms with van der Waals surface area (Å²) in [6, 6.07) is 12.9. The van der Waals surface area contributed by atoms with Crippen molar-refractivity contribution in [2.24, 2.45) is 4.99 Å². The number of carboxylic acid groups (broad SMARTS) is 1. The van der Waals surface area contributed by atoms with Gasteiger partial charge >= 0.3 is 5.97 Å². The van der Waals surface area contributed by atoms with Gasteiger partial charge in [-0.25, -0.2) is 0 Å². The minimum absolute atomic E-state index is 0.139. The Morgan fingerprint density at radius 3 is 2.36 bits per heavy atom. The van der Waals surface area contributed by atoms with Crippen molar-refractivity contribution in [3.63, 3.8) is 0 Å². The molecule has 0 fully saturated rings. The number of hydrogen-bond acceptors (Lipinski definition) is 5. The summed E-state index contributed by atoms with van der Waals surface area (Å²) in [4.78, 5) is 29.7. The summed E-state index contributed by atoms with van der Waals surface area (Å²) < 4.78 is 11.4. The lowest BCUT2D eigenvalue weighted by Crippen LogP contribution is -2.37. The molecule has 7 heteroatoms. The van der Waals surface area contributed by atoms with Crippen LogP contribution in [0.5, 0.6) is 11.5 Å². The molecule has 146 valence electrons. The Hall–Kier alpha value is -3.35. The number of amides is 1. The van der Waals surface area contributed by atoms with E-state index >= 15 is 0 Å². The molecule has 2 aromatic carbocycles. The van der Waals surface area contributed by atoms with E-state index < -0.39 is 12.5 Å². The first-order valence-corrected chi connectivity index (χ1v) is 9.11. The summed E-state index contributed by atoms with van der Waals surface area (Å²) in [7, 11) is 0. The van der Waals surface area contributed by atoms with Gasteiger partial charge in [-0.2, -0.15) is 0 Å². The molecule has 0 atom stereocenters. The quantitative estimate of drug-likeness (QED) is 0.795. The van der Waals surface area contributed by atoms with Gasteiger partial charge in [-0.1, -0.05) is 30.3 Å². The van der Waals surface area contributed by atoms with Crippen LogP contribution in [0.4, 0.5) is 5.69 Å². The smallest absolute Gasteiger partial charge is 0.323 e. The molecule has 1 aliphatic heterocycles. The third kappa shape index (κ3) is 3.98. The van der Waals surface area contributed by atoms with Gasteiger partial charge in [-0.05, 0) is 19.9 Å². The molecule has 0 unspecified atom stereocenters. The molecule has 0 aromatic heterocycles. The van der Waals surface area contributed by atoms with E-state index in [9.17, 15) is 14.7 Å². The Bertz CT molecular complexity index is 909. The molecule has 1 N–H and O–H groups in total. The number of benzodiazepines with no additional fused rings is 1. The number of carbonyl (C=O) groups is 2. The highest BCUT2D eigenvalue weighted by Gasteiger charge is 2.29. The molecule has 28 heavy (non-hydrogen) atoms. The maximum Gasteiger partial charge on any atom is 0.323 e. The Morgan fingerprint density at radius 1 is 1.11 bits per heavy atom. The molecule has 0 saturated heterocycles. The van der Waals surface area contributed by atoms with Gasteiger partial charge in [0.1, 0.15) is 13.1 Å². The fourth-order valence-corrected chi connectivity index (χ4v) is 3.10. The number of benzene rings is 2. The van der Waals surface area contributed by atoms with Gasteiger partial charge in [0.05, 0.1) is 24.6 Å². The van der Waals surface area contributed by atoms with E-state index in [0.717, 1.165) is 5.56 Å². The van der Waals surface area contributed by atoms with Gasteiger partial charge in [-0.15, -0.1) is 0 Å². The van der Waals surface area contributed by atoms with Gasteiger partial charge in [-0.3, -0.25) is 19.5 Å². The van der Waals surface area contributed by atoms with Crippen LogP contribution in [0.3, 0.4) is 0 Å². The number of carbonyl (C=O) groups excluding carboxylic acids is 1. The number of fused-ring (bicyclic) bond motifs is 1. The van der Waals surface area contributed by atoms with E-state index in [4.69, 9.17) is 9.47 Å². The molecule has 1 amide bonds. The van der Waals surface area contributed by atoms with Crippen molar-refractivity contribution < 1.29 is 24.2 Å². The Labute approximate surface area is 163 Å². The molecule has 1 heterocycles. The number of ether oxygens (including phenoxy) is 2. The second-order valence-corrected chi connectivity index (χ2v) is 6.09. The molecule has 1 aliphatic rings. The van der Waals surface area contributed by atoms with Crippen molar-refractivity contribution in [2.45, 2.75) is 13.8 Å². The Morgan fingerprint density at radius 2 is 1.75 bits per heavy atom. The maximum absolute atomic E-state index is 12.7. The predicted octanol–water partition coefficient (Wildman–Crippen LogP) is 2.75. The van der Waals surface area contributed by atoms with Crippen LogP contribution in [-0.2, 0) is 9.59 Å². The lowest BCUT2D eigenvalue weighted by Gasteiger charge is -2.23.